The molecule has 14 heteroatoms. The zero-order chi connectivity index (χ0) is 55.8. The highest BCUT2D eigenvalue weighted by atomic mass is 16.4. The Balaban J connectivity index is -0.000000150. The van der Waals surface area contributed by atoms with Crippen LogP contribution in [-0.2, 0) is 24.0 Å². The lowest BCUT2D eigenvalue weighted by Gasteiger charge is -1.99. The van der Waals surface area contributed by atoms with E-state index in [4.69, 9.17) is 46.6 Å². The van der Waals surface area contributed by atoms with Crippen LogP contribution in [-0.4, -0.2) is 55.4 Å². The average Bonchev–Trinajstić information content (AvgIpc) is 3.36. The predicted octanol–water partition coefficient (Wildman–Crippen LogP) is 16.1. The molecule has 0 aromatic rings. The van der Waals surface area contributed by atoms with E-state index in [1.54, 1.807) is 12.1 Å². The van der Waals surface area contributed by atoms with Gasteiger partial charge in [0.2, 0.25) is 0 Å². The molecule has 0 aliphatic rings. The molecule has 0 spiro atoms. The zero-order valence-electron chi connectivity index (χ0n) is 44.0. The van der Waals surface area contributed by atoms with Crippen molar-refractivity contribution in [3.63, 3.8) is 0 Å². The largest absolute Gasteiger partial charge is 0.481 e. The quantitative estimate of drug-likeness (QED) is 0.0217. The van der Waals surface area contributed by atoms with Crippen molar-refractivity contribution < 1.29 is 49.5 Å². The standard InChI is InChI=1S/C18H32O4.2C11H17NO2.C10H18O2.2C3H3N.C2H4/c19-17(20)15-13-11-9-7-5-3-1-2-4-6-8-10-12-14-16-18(21)22;2*12-10-8-6-4-2-1-3-5-7-9-11(13)14;1-2-3-4-5-6-7-8-9-10(11)12;2*1-2-3-4;1-2/h1-2H,3-16H2,(H,19,20)(H,21,22);2*6,8H,1-5,7,9H2,(H,13,14);2H,1,3-9H2,(H,11,12);2*2H,1H2;1-2H2/b2-1-;2*8-6-;;;;. The number of hydrogen-bond donors (Lipinski definition) is 5. The molecule has 0 radical (unpaired) electrons. The first-order valence-corrected chi connectivity index (χ1v) is 25.7. The summed E-state index contributed by atoms with van der Waals surface area (Å²) in [6.45, 7) is 15.9. The van der Waals surface area contributed by atoms with E-state index in [1.165, 1.54) is 62.8 Å². The molecule has 0 rings (SSSR count). The van der Waals surface area contributed by atoms with E-state index < -0.39 is 29.8 Å². The molecule has 0 unspecified atom stereocenters. The minimum Gasteiger partial charge on any atom is -0.481 e. The van der Waals surface area contributed by atoms with Gasteiger partial charge in [0, 0.05) is 56.4 Å². The Bertz CT molecular complexity index is 1450. The maximum absolute atomic E-state index is 10.3. The summed E-state index contributed by atoms with van der Waals surface area (Å²) in [5, 5.41) is 73.5. The van der Waals surface area contributed by atoms with E-state index >= 15 is 0 Å². The number of allylic oxidation sites excluding steroid dienone is 9. The van der Waals surface area contributed by atoms with Crippen molar-refractivity contribution in [2.45, 2.75) is 225 Å². The van der Waals surface area contributed by atoms with Crippen LogP contribution in [0.2, 0.25) is 0 Å². The lowest BCUT2D eigenvalue weighted by Crippen LogP contribution is -1.93. The number of carboxylic acid groups (broad SMARTS) is 5. The predicted molar refractivity (Wildman–Crippen MR) is 291 cm³/mol. The van der Waals surface area contributed by atoms with Gasteiger partial charge < -0.3 is 25.5 Å². The van der Waals surface area contributed by atoms with Crippen molar-refractivity contribution in [1.82, 2.24) is 0 Å². The van der Waals surface area contributed by atoms with Gasteiger partial charge in [0.05, 0.1) is 24.3 Å². The van der Waals surface area contributed by atoms with Crippen LogP contribution in [0, 0.1) is 45.3 Å². The average molecular weight is 1010 g/mol. The lowest BCUT2D eigenvalue weighted by molar-refractivity contribution is -0.138. The van der Waals surface area contributed by atoms with Crippen LogP contribution in [0.25, 0.3) is 0 Å². The third kappa shape index (κ3) is 120. The van der Waals surface area contributed by atoms with Crippen LogP contribution >= 0.6 is 0 Å². The Labute approximate surface area is 435 Å². The maximum Gasteiger partial charge on any atom is 0.303 e. The summed E-state index contributed by atoms with van der Waals surface area (Å²) in [6.07, 6.45) is 48.5. The van der Waals surface area contributed by atoms with Crippen LogP contribution in [0.15, 0.2) is 87.6 Å². The molecular weight excluding hydrogens is 913 g/mol. The molecule has 0 aliphatic heterocycles. The van der Waals surface area contributed by atoms with Gasteiger partial charge in [-0.25, -0.2) is 0 Å². The second-order valence-electron chi connectivity index (χ2n) is 16.0. The fourth-order valence-electron chi connectivity index (χ4n) is 5.88. The Morgan fingerprint density at radius 1 is 0.306 bits per heavy atom. The molecule has 0 saturated carbocycles. The minimum absolute atomic E-state index is 0.286. The summed E-state index contributed by atoms with van der Waals surface area (Å²) in [5.41, 5.74) is 0. The summed E-state index contributed by atoms with van der Waals surface area (Å²) < 4.78 is 0. The van der Waals surface area contributed by atoms with Crippen molar-refractivity contribution in [2.75, 3.05) is 0 Å². The lowest BCUT2D eigenvalue weighted by atomic mass is 10.1. The van der Waals surface area contributed by atoms with E-state index in [0.717, 1.165) is 154 Å². The summed E-state index contributed by atoms with van der Waals surface area (Å²) in [6, 6.07) is 7.28. The zero-order valence-corrected chi connectivity index (χ0v) is 44.0. The van der Waals surface area contributed by atoms with E-state index in [9.17, 15) is 24.0 Å². The molecule has 0 fully saturated rings. The second kappa shape index (κ2) is 81.5. The third-order valence-electron chi connectivity index (χ3n) is 9.58. The first-order valence-electron chi connectivity index (χ1n) is 25.7. The Morgan fingerprint density at radius 3 is 0.667 bits per heavy atom. The van der Waals surface area contributed by atoms with Gasteiger partial charge in [0.25, 0.3) is 0 Å². The SMILES string of the molecule is C=C.C=CC#N.C=CC#N.C=CCCCCCCCC(=O)O.N#C/C=C\CCCCCCCC(=O)O.N#C/C=C\CCCCCCCC(=O)O.O=C(O)CCCCCCC/C=C\CCCCCCCC(=O)O. The van der Waals surface area contributed by atoms with Crippen molar-refractivity contribution in [2.24, 2.45) is 0 Å². The van der Waals surface area contributed by atoms with Crippen LogP contribution in [0.4, 0.5) is 0 Å². The van der Waals surface area contributed by atoms with Crippen LogP contribution in [0.3, 0.4) is 0 Å². The van der Waals surface area contributed by atoms with Gasteiger partial charge in [0.15, 0.2) is 0 Å². The number of unbranched alkanes of at least 4 members (excludes halogenated alkanes) is 25. The van der Waals surface area contributed by atoms with Gasteiger partial charge in [-0.1, -0.05) is 140 Å². The van der Waals surface area contributed by atoms with Gasteiger partial charge in [0.1, 0.15) is 0 Å². The van der Waals surface area contributed by atoms with Crippen LogP contribution in [0.1, 0.15) is 225 Å². The monoisotopic (exact) mass is 1010 g/mol. The van der Waals surface area contributed by atoms with Crippen molar-refractivity contribution in [3.8, 4) is 24.3 Å². The Hall–Kier alpha value is -6.51. The van der Waals surface area contributed by atoms with E-state index in [0.29, 0.717) is 19.3 Å². The molecule has 0 aliphatic carbocycles. The number of rotatable bonds is 40. The molecule has 406 valence electrons. The molecule has 0 aromatic carbocycles. The molecule has 72 heavy (non-hydrogen) atoms. The third-order valence-corrected chi connectivity index (χ3v) is 9.58. The highest BCUT2D eigenvalue weighted by Gasteiger charge is 1.99. The van der Waals surface area contributed by atoms with E-state index in [1.807, 2.05) is 30.4 Å². The molecule has 5 N–H and O–H groups in total. The second-order valence-corrected chi connectivity index (χ2v) is 16.0. The molecule has 0 aromatic heterocycles. The molecule has 14 nitrogen and oxygen atoms in total. The molecule has 0 saturated heterocycles. The Morgan fingerprint density at radius 2 is 0.486 bits per heavy atom. The summed E-state index contributed by atoms with van der Waals surface area (Å²) in [5.74, 6) is -3.47. The number of hydrogen-bond acceptors (Lipinski definition) is 9. The van der Waals surface area contributed by atoms with Crippen molar-refractivity contribution >= 4 is 29.8 Å². The maximum atomic E-state index is 10.3. The fourth-order valence-corrected chi connectivity index (χ4v) is 5.88. The normalized spacial score (nSPS) is 9.44. The van der Waals surface area contributed by atoms with Gasteiger partial charge in [-0.3, -0.25) is 24.0 Å². The van der Waals surface area contributed by atoms with Crippen LogP contribution in [0.5, 0.6) is 0 Å². The number of aliphatic carboxylic acids is 5. The molecular formula is C58H94N4O10. The van der Waals surface area contributed by atoms with Crippen molar-refractivity contribution in [1.29, 1.82) is 21.0 Å². The van der Waals surface area contributed by atoms with E-state index in [2.05, 4.69) is 45.0 Å². The number of nitrogens with zero attached hydrogens (tertiary/aromatic N) is 4. The van der Waals surface area contributed by atoms with Gasteiger partial charge >= 0.3 is 29.8 Å². The smallest absolute Gasteiger partial charge is 0.303 e. The van der Waals surface area contributed by atoms with Gasteiger partial charge in [-0.15, -0.1) is 19.7 Å². The van der Waals surface area contributed by atoms with E-state index in [-0.39, 0.29) is 12.8 Å². The summed E-state index contributed by atoms with van der Waals surface area (Å²) in [7, 11) is 0. The van der Waals surface area contributed by atoms with Crippen molar-refractivity contribution in [3.05, 3.63) is 87.6 Å². The number of carbonyl (C=O) groups is 5. The highest BCUT2D eigenvalue weighted by Crippen LogP contribution is 2.11. The van der Waals surface area contributed by atoms with Gasteiger partial charge in [-0.05, 0) is 96.3 Å². The molecule has 0 bridgehead atoms. The topological polar surface area (TPSA) is 282 Å². The van der Waals surface area contributed by atoms with Crippen LogP contribution < -0.4 is 0 Å². The first-order chi connectivity index (χ1) is 34.8. The molecule has 0 amide bonds. The van der Waals surface area contributed by atoms with Gasteiger partial charge in [-0.2, -0.15) is 21.0 Å². The molecule has 0 atom stereocenters. The summed E-state index contributed by atoms with van der Waals surface area (Å²) >= 11 is 0. The first kappa shape index (κ1) is 79.6. The number of carboxylic acids is 5. The minimum atomic E-state index is -0.707. The molecule has 0 heterocycles. The fraction of sp³-hybridized carbons (Fsp3) is 0.603. The summed E-state index contributed by atoms with van der Waals surface area (Å²) in [4.78, 5) is 51.1. The number of nitriles is 4. The Kier molecular flexibility index (Phi) is 90.1. The highest BCUT2D eigenvalue weighted by molar-refractivity contribution is 5.67.